The van der Waals surface area contributed by atoms with Gasteiger partial charge in [0.25, 0.3) is 5.91 Å². The molecule has 0 saturated carbocycles. The number of anilines is 4. The van der Waals surface area contributed by atoms with Crippen molar-refractivity contribution in [3.05, 3.63) is 59.3 Å². The Hall–Kier alpha value is -3.17. The van der Waals surface area contributed by atoms with Crippen LogP contribution in [0.25, 0.3) is 0 Å². The summed E-state index contributed by atoms with van der Waals surface area (Å²) in [6.45, 7) is 0. The number of amides is 1. The molecule has 0 unspecified atom stereocenters. The van der Waals surface area contributed by atoms with Crippen molar-refractivity contribution in [2.24, 2.45) is 0 Å². The largest absolute Gasteiger partial charge is 0.399 e. The molecular weight excluding hydrogens is 314 g/mol. The molecule has 0 aromatic heterocycles. The number of nitrogen functional groups attached to an aromatic ring is 2. The van der Waals surface area contributed by atoms with E-state index in [4.69, 9.17) is 28.3 Å². The Morgan fingerprint density at radius 1 is 1.13 bits per heavy atom. The summed E-state index contributed by atoms with van der Waals surface area (Å²) < 4.78 is 0. The number of carbonyl (C=O) groups is 1. The van der Waals surface area contributed by atoms with E-state index in [0.717, 1.165) is 0 Å². The van der Waals surface area contributed by atoms with Crippen molar-refractivity contribution in [2.75, 3.05) is 22.1 Å². The molecule has 0 aliphatic rings. The standard InChI is InChI=1S/C16H14ClN5O/c17-14-7-13(5-6-15(14)20)21-9-10(8-18)16(23)22-12-3-1-11(19)2-4-12/h1-7,9,21H,19-20H2,(H,22,23)/b10-9-. The van der Waals surface area contributed by atoms with Crippen LogP contribution in [0.4, 0.5) is 22.7 Å². The summed E-state index contributed by atoms with van der Waals surface area (Å²) in [5.74, 6) is -0.536. The summed E-state index contributed by atoms with van der Waals surface area (Å²) in [5.41, 5.74) is 13.3. The van der Waals surface area contributed by atoms with E-state index in [9.17, 15) is 4.79 Å². The lowest BCUT2D eigenvalue weighted by atomic mass is 10.2. The molecule has 6 nitrogen and oxygen atoms in total. The number of halogens is 1. The highest BCUT2D eigenvalue weighted by molar-refractivity contribution is 6.33. The molecule has 116 valence electrons. The number of benzene rings is 2. The molecule has 7 heteroatoms. The lowest BCUT2D eigenvalue weighted by molar-refractivity contribution is -0.112. The minimum atomic E-state index is -0.536. The third-order valence-corrected chi connectivity index (χ3v) is 3.24. The van der Waals surface area contributed by atoms with Crippen LogP contribution < -0.4 is 22.1 Å². The molecule has 0 bridgehead atoms. The number of hydrogen-bond acceptors (Lipinski definition) is 5. The number of carbonyl (C=O) groups excluding carboxylic acids is 1. The van der Waals surface area contributed by atoms with Gasteiger partial charge in [-0.25, -0.2) is 0 Å². The second-order valence-electron chi connectivity index (χ2n) is 4.63. The molecule has 0 atom stereocenters. The predicted octanol–water partition coefficient (Wildman–Crippen LogP) is 2.96. The predicted molar refractivity (Wildman–Crippen MR) is 92.7 cm³/mol. The molecule has 0 saturated heterocycles. The fourth-order valence-electron chi connectivity index (χ4n) is 1.69. The average molecular weight is 328 g/mol. The summed E-state index contributed by atoms with van der Waals surface area (Å²) in [7, 11) is 0. The molecule has 0 fully saturated rings. The second-order valence-corrected chi connectivity index (χ2v) is 5.03. The summed E-state index contributed by atoms with van der Waals surface area (Å²) in [5, 5.41) is 14.9. The number of hydrogen-bond donors (Lipinski definition) is 4. The molecule has 6 N–H and O–H groups in total. The highest BCUT2D eigenvalue weighted by atomic mass is 35.5. The minimum Gasteiger partial charge on any atom is -0.399 e. The lowest BCUT2D eigenvalue weighted by Crippen LogP contribution is -2.14. The first-order valence-corrected chi connectivity index (χ1v) is 6.96. The van der Waals surface area contributed by atoms with E-state index in [2.05, 4.69) is 10.6 Å². The normalized spacial score (nSPS) is 10.7. The van der Waals surface area contributed by atoms with Gasteiger partial charge in [-0.15, -0.1) is 0 Å². The first kappa shape index (κ1) is 16.2. The van der Waals surface area contributed by atoms with Crippen LogP contribution in [-0.2, 0) is 4.79 Å². The maximum Gasteiger partial charge on any atom is 0.267 e. The number of nitriles is 1. The van der Waals surface area contributed by atoms with Gasteiger partial charge in [-0.05, 0) is 42.5 Å². The van der Waals surface area contributed by atoms with Crippen molar-refractivity contribution < 1.29 is 4.79 Å². The van der Waals surface area contributed by atoms with Gasteiger partial charge in [-0.3, -0.25) is 4.79 Å². The molecule has 23 heavy (non-hydrogen) atoms. The van der Waals surface area contributed by atoms with E-state index < -0.39 is 5.91 Å². The van der Waals surface area contributed by atoms with Gasteiger partial charge >= 0.3 is 0 Å². The van der Waals surface area contributed by atoms with Crippen molar-refractivity contribution in [1.29, 1.82) is 5.26 Å². The van der Waals surface area contributed by atoms with Gasteiger partial charge in [0.2, 0.25) is 0 Å². The second kappa shape index (κ2) is 7.20. The van der Waals surface area contributed by atoms with Gasteiger partial charge in [0.15, 0.2) is 0 Å². The summed E-state index contributed by atoms with van der Waals surface area (Å²) >= 11 is 5.91. The van der Waals surface area contributed by atoms with Crippen LogP contribution in [0.1, 0.15) is 0 Å². The van der Waals surface area contributed by atoms with Crippen molar-refractivity contribution >= 4 is 40.3 Å². The number of nitrogens with one attached hydrogen (secondary N) is 2. The van der Waals surface area contributed by atoms with E-state index in [1.54, 1.807) is 42.5 Å². The fourth-order valence-corrected chi connectivity index (χ4v) is 1.87. The fraction of sp³-hybridized carbons (Fsp3) is 0. The highest BCUT2D eigenvalue weighted by Gasteiger charge is 2.09. The first-order chi connectivity index (χ1) is 11.0. The maximum atomic E-state index is 12.1. The Balaban J connectivity index is 2.08. The van der Waals surface area contributed by atoms with Gasteiger partial charge in [-0.1, -0.05) is 11.6 Å². The van der Waals surface area contributed by atoms with Crippen LogP contribution in [0.5, 0.6) is 0 Å². The molecule has 2 aromatic carbocycles. The molecule has 2 rings (SSSR count). The van der Waals surface area contributed by atoms with Crippen molar-refractivity contribution in [1.82, 2.24) is 0 Å². The summed E-state index contributed by atoms with van der Waals surface area (Å²) in [6.07, 6.45) is 1.30. The monoisotopic (exact) mass is 327 g/mol. The van der Waals surface area contributed by atoms with Gasteiger partial charge in [0.1, 0.15) is 11.6 Å². The number of nitrogens with zero attached hydrogens (tertiary/aromatic N) is 1. The zero-order chi connectivity index (χ0) is 16.8. The van der Waals surface area contributed by atoms with Gasteiger partial charge in [0, 0.05) is 23.3 Å². The quantitative estimate of drug-likeness (QED) is 0.391. The highest BCUT2D eigenvalue weighted by Crippen LogP contribution is 2.22. The molecule has 1 amide bonds. The number of nitrogens with two attached hydrogens (primary N) is 2. The Bertz CT molecular complexity index is 793. The Morgan fingerprint density at radius 2 is 1.78 bits per heavy atom. The minimum absolute atomic E-state index is 0.0882. The van der Waals surface area contributed by atoms with Gasteiger partial charge in [-0.2, -0.15) is 5.26 Å². The molecule has 0 radical (unpaired) electrons. The summed E-state index contributed by atoms with van der Waals surface area (Å²) in [4.78, 5) is 12.1. The SMILES string of the molecule is N#C/C(=C/Nc1ccc(N)c(Cl)c1)C(=O)Nc1ccc(N)cc1. The van der Waals surface area contributed by atoms with Crippen LogP contribution in [0.3, 0.4) is 0 Å². The third kappa shape index (κ3) is 4.40. The topological polar surface area (TPSA) is 117 Å². The van der Waals surface area contributed by atoms with Crippen LogP contribution in [0.15, 0.2) is 54.2 Å². The van der Waals surface area contributed by atoms with Crippen molar-refractivity contribution in [2.45, 2.75) is 0 Å². The van der Waals surface area contributed by atoms with Crippen molar-refractivity contribution in [3.8, 4) is 6.07 Å². The smallest absolute Gasteiger partial charge is 0.267 e. The molecular formula is C16H14ClN5O. The van der Waals surface area contributed by atoms with E-state index in [1.165, 1.54) is 6.20 Å². The Morgan fingerprint density at radius 3 is 2.39 bits per heavy atom. The zero-order valence-corrected chi connectivity index (χ0v) is 12.8. The molecule has 0 aliphatic heterocycles. The molecule has 2 aromatic rings. The molecule has 0 aliphatic carbocycles. The van der Waals surface area contributed by atoms with Gasteiger partial charge < -0.3 is 22.1 Å². The van der Waals surface area contributed by atoms with Gasteiger partial charge in [0.05, 0.1) is 10.7 Å². The maximum absolute atomic E-state index is 12.1. The van der Waals surface area contributed by atoms with Crippen molar-refractivity contribution in [3.63, 3.8) is 0 Å². The number of rotatable bonds is 4. The van der Waals surface area contributed by atoms with Crippen LogP contribution in [0, 0.1) is 11.3 Å². The van der Waals surface area contributed by atoms with E-state index in [1.807, 2.05) is 6.07 Å². The van der Waals surface area contributed by atoms with Crippen LogP contribution in [-0.4, -0.2) is 5.91 Å². The Kier molecular flexibility index (Phi) is 5.07. The van der Waals surface area contributed by atoms with E-state index in [0.29, 0.717) is 27.8 Å². The lowest BCUT2D eigenvalue weighted by Gasteiger charge is -2.06. The third-order valence-electron chi connectivity index (χ3n) is 2.92. The Labute approximate surface area is 138 Å². The molecule has 0 spiro atoms. The molecule has 0 heterocycles. The zero-order valence-electron chi connectivity index (χ0n) is 12.0. The summed E-state index contributed by atoms with van der Waals surface area (Å²) in [6, 6.07) is 13.3. The van der Waals surface area contributed by atoms with Crippen LogP contribution in [0.2, 0.25) is 5.02 Å². The van der Waals surface area contributed by atoms with E-state index in [-0.39, 0.29) is 5.57 Å². The van der Waals surface area contributed by atoms with E-state index >= 15 is 0 Å². The van der Waals surface area contributed by atoms with Crippen LogP contribution >= 0.6 is 11.6 Å². The average Bonchev–Trinajstić information content (AvgIpc) is 2.53. The first-order valence-electron chi connectivity index (χ1n) is 6.58.